The molecule has 0 aromatic rings. The average molecular weight is 1520 g/mol. The van der Waals surface area contributed by atoms with Gasteiger partial charge in [0.25, 0.3) is 0 Å². The van der Waals surface area contributed by atoms with Crippen LogP contribution in [0.1, 0.15) is 310 Å². The predicted octanol–water partition coefficient (Wildman–Crippen LogP) is 24.0. The van der Waals surface area contributed by atoms with Crippen LogP contribution < -0.4 is 0 Å². The van der Waals surface area contributed by atoms with Gasteiger partial charge in [-0.2, -0.15) is 0 Å². The van der Waals surface area contributed by atoms with E-state index >= 15 is 0 Å². The Labute approximate surface area is 642 Å². The molecule has 0 aromatic carbocycles. The lowest BCUT2D eigenvalue weighted by Gasteiger charge is -2.21. The summed E-state index contributed by atoms with van der Waals surface area (Å²) < 4.78 is 68.5. The van der Waals surface area contributed by atoms with Gasteiger partial charge in [0.15, 0.2) is 12.2 Å². The Kier molecular flexibility index (Phi) is 73.9. The van der Waals surface area contributed by atoms with Gasteiger partial charge in [-0.05, 0) is 135 Å². The summed E-state index contributed by atoms with van der Waals surface area (Å²) in [6, 6.07) is 0. The van der Waals surface area contributed by atoms with Crippen molar-refractivity contribution in [3.8, 4) is 0 Å². The predicted molar refractivity (Wildman–Crippen MR) is 436 cm³/mol. The van der Waals surface area contributed by atoms with Gasteiger partial charge in [-0.15, -0.1) is 0 Å². The monoisotopic (exact) mass is 1520 g/mol. The number of ether oxygens (including phenoxy) is 4. The molecule has 0 fully saturated rings. The van der Waals surface area contributed by atoms with E-state index in [0.717, 1.165) is 161 Å². The van der Waals surface area contributed by atoms with Gasteiger partial charge < -0.3 is 33.8 Å². The lowest BCUT2D eigenvalue weighted by atomic mass is 10.0. The van der Waals surface area contributed by atoms with E-state index in [1.54, 1.807) is 12.2 Å². The number of rotatable bonds is 75. The molecular formula is C87H144O17P2. The van der Waals surface area contributed by atoms with Crippen LogP contribution in [-0.4, -0.2) is 96.7 Å². The maximum Gasteiger partial charge on any atom is 0.472 e. The fraction of sp³-hybridized carbons (Fsp3) is 0.655. The molecular weight excluding hydrogens is 1380 g/mol. The van der Waals surface area contributed by atoms with Crippen molar-refractivity contribution in [1.29, 1.82) is 0 Å². The van der Waals surface area contributed by atoms with Crippen LogP contribution in [0.4, 0.5) is 0 Å². The number of hydrogen-bond donors (Lipinski definition) is 3. The Morgan fingerprint density at radius 3 is 0.868 bits per heavy atom. The van der Waals surface area contributed by atoms with E-state index in [1.807, 2.05) is 12.2 Å². The summed E-state index contributed by atoms with van der Waals surface area (Å²) in [5.41, 5.74) is 0. The highest BCUT2D eigenvalue weighted by molar-refractivity contribution is 7.47. The highest BCUT2D eigenvalue weighted by Gasteiger charge is 2.30. The average Bonchev–Trinajstić information content (AvgIpc) is 0.901. The van der Waals surface area contributed by atoms with Crippen molar-refractivity contribution < 1.29 is 80.2 Å². The molecule has 5 atom stereocenters. The van der Waals surface area contributed by atoms with E-state index in [1.165, 1.54) is 70.6 Å². The van der Waals surface area contributed by atoms with Gasteiger partial charge in [0, 0.05) is 19.3 Å². The Morgan fingerprint density at radius 2 is 0.528 bits per heavy atom. The lowest BCUT2D eigenvalue weighted by Crippen LogP contribution is -2.30. The minimum Gasteiger partial charge on any atom is -0.462 e. The molecule has 604 valence electrons. The molecule has 0 rings (SSSR count). The summed E-state index contributed by atoms with van der Waals surface area (Å²) >= 11 is 0. The summed E-state index contributed by atoms with van der Waals surface area (Å²) in [4.78, 5) is 73.0. The minimum atomic E-state index is -5.01. The standard InChI is InChI=1S/C87H144O17P2/c1-5-9-13-17-21-25-29-33-36-38-40-42-45-48-51-55-59-63-67-71-84(89)97-77-82(103-86(91)73-69-65-61-57-53-47-32-28-24-20-16-12-8-4)79-101-105(93,94)99-75-81(88)76-100-106(95,96)102-80-83(104-87(92)74-70-66-62-58-54-50-44-35-31-27-23-19-15-11-7-3)78-98-85(90)72-68-64-60-56-52-49-46-43-41-39-37-34-30-26-22-18-14-10-6-2/h9,11,13,15,21-23,25-27,33-37,40-44,48,51,54,58,66,70,81-83,88H,5-8,10,12,14,16-20,24,28-32,38-39,45-47,49-50,52-53,55-57,59-65,67-69,71-80H2,1-4H3,(H,93,94)(H,95,96)/b13-9-,15-11-,25-21-,26-22-,27-23-,36-33-,37-34-,42-40-,43-41-,44-35-,51-48-,58-54-,70-66-. The maximum atomic E-state index is 13.1. The first kappa shape index (κ1) is 101. The SMILES string of the molecule is CC/C=C\C/C=C\C/C=C\C/C=C\C/C=C\CCCCCC(=O)OCC(COP(=O)(O)OCC(O)COP(=O)(O)OCC(COC(=O)CCCCCCCC/C=C\C/C=C\C/C=C\CCCCC)OC(=O)C/C=C\C/C=C\C/C=C\C/C=C\C/C=C\CC)OC(=O)CCCCCCCCCCCCCCC. The van der Waals surface area contributed by atoms with Crippen LogP contribution in [0.15, 0.2) is 158 Å². The first-order valence-corrected chi connectivity index (χ1v) is 43.7. The smallest absolute Gasteiger partial charge is 0.462 e. The van der Waals surface area contributed by atoms with Crippen LogP contribution in [0.5, 0.6) is 0 Å². The van der Waals surface area contributed by atoms with Crippen LogP contribution in [0.2, 0.25) is 0 Å². The van der Waals surface area contributed by atoms with E-state index in [-0.39, 0.29) is 25.7 Å². The van der Waals surface area contributed by atoms with Gasteiger partial charge in [0.05, 0.1) is 32.8 Å². The third-order valence-corrected chi connectivity index (χ3v) is 18.4. The second-order valence-corrected chi connectivity index (χ2v) is 29.5. The van der Waals surface area contributed by atoms with E-state index in [4.69, 9.17) is 37.0 Å². The first-order chi connectivity index (χ1) is 51.7. The van der Waals surface area contributed by atoms with Gasteiger partial charge in [-0.25, -0.2) is 9.13 Å². The Balaban J connectivity index is 5.45. The Hall–Kier alpha value is -5.32. The fourth-order valence-electron chi connectivity index (χ4n) is 10.4. The van der Waals surface area contributed by atoms with Crippen LogP contribution in [0, 0.1) is 0 Å². The molecule has 0 radical (unpaired) electrons. The molecule has 0 saturated heterocycles. The van der Waals surface area contributed by atoms with Gasteiger partial charge in [-0.1, -0.05) is 308 Å². The van der Waals surface area contributed by atoms with Crippen molar-refractivity contribution in [2.24, 2.45) is 0 Å². The molecule has 0 aliphatic carbocycles. The molecule has 0 bridgehead atoms. The van der Waals surface area contributed by atoms with E-state index in [2.05, 4.69) is 161 Å². The molecule has 5 unspecified atom stereocenters. The molecule has 3 N–H and O–H groups in total. The van der Waals surface area contributed by atoms with Crippen molar-refractivity contribution >= 4 is 39.5 Å². The summed E-state index contributed by atoms with van der Waals surface area (Å²) in [7, 11) is -10.0. The molecule has 0 aliphatic heterocycles. The van der Waals surface area contributed by atoms with Crippen molar-refractivity contribution in [1.82, 2.24) is 0 Å². The quantitative estimate of drug-likeness (QED) is 0.0169. The number of aliphatic hydroxyl groups excluding tert-OH is 1. The minimum absolute atomic E-state index is 0.0830. The van der Waals surface area contributed by atoms with Crippen LogP contribution >= 0.6 is 15.6 Å². The van der Waals surface area contributed by atoms with Crippen LogP contribution in [0.25, 0.3) is 0 Å². The molecule has 17 nitrogen and oxygen atoms in total. The molecule has 106 heavy (non-hydrogen) atoms. The van der Waals surface area contributed by atoms with Crippen molar-refractivity contribution in [2.45, 2.75) is 329 Å². The summed E-state index contributed by atoms with van der Waals surface area (Å²) in [5, 5.41) is 10.6. The summed E-state index contributed by atoms with van der Waals surface area (Å²) in [6.45, 7) is 4.46. The molecule has 19 heteroatoms. The topological polar surface area (TPSA) is 237 Å². The van der Waals surface area contributed by atoms with Gasteiger partial charge in [0.1, 0.15) is 19.3 Å². The fourth-order valence-corrected chi connectivity index (χ4v) is 12.0. The third kappa shape index (κ3) is 76.9. The van der Waals surface area contributed by atoms with Crippen molar-refractivity contribution in [3.63, 3.8) is 0 Å². The number of phosphoric acid groups is 2. The zero-order valence-corrected chi connectivity index (χ0v) is 67.8. The van der Waals surface area contributed by atoms with Gasteiger partial charge in [-0.3, -0.25) is 37.3 Å². The molecule has 0 aromatic heterocycles. The lowest BCUT2D eigenvalue weighted by molar-refractivity contribution is -0.161. The molecule has 0 spiro atoms. The summed E-state index contributed by atoms with van der Waals surface area (Å²) in [6.07, 6.45) is 91.1. The second-order valence-electron chi connectivity index (χ2n) is 26.6. The normalized spacial score (nSPS) is 14.7. The van der Waals surface area contributed by atoms with E-state index in [0.29, 0.717) is 25.7 Å². The zero-order valence-electron chi connectivity index (χ0n) is 66.1. The molecule has 0 amide bonds. The Morgan fingerprint density at radius 1 is 0.283 bits per heavy atom. The van der Waals surface area contributed by atoms with E-state index in [9.17, 15) is 43.2 Å². The molecule has 0 aliphatic rings. The largest absolute Gasteiger partial charge is 0.472 e. The zero-order chi connectivity index (χ0) is 77.4. The molecule has 0 saturated carbocycles. The number of carbonyl (C=O) groups excluding carboxylic acids is 4. The number of unbranched alkanes of at least 4 members (excludes halogenated alkanes) is 24. The maximum absolute atomic E-state index is 13.1. The molecule has 0 heterocycles. The number of esters is 4. The number of phosphoric ester groups is 2. The number of hydrogen-bond acceptors (Lipinski definition) is 15. The second kappa shape index (κ2) is 77.8. The van der Waals surface area contributed by atoms with Crippen LogP contribution in [-0.2, 0) is 65.4 Å². The van der Waals surface area contributed by atoms with Gasteiger partial charge >= 0.3 is 39.5 Å². The Bertz CT molecular complexity index is 2630. The first-order valence-electron chi connectivity index (χ1n) is 40.7. The highest BCUT2D eigenvalue weighted by Crippen LogP contribution is 2.45. The van der Waals surface area contributed by atoms with Gasteiger partial charge in [0.2, 0.25) is 0 Å². The number of allylic oxidation sites excluding steroid dienone is 25. The number of aliphatic hydroxyl groups is 1. The number of carbonyl (C=O) groups is 4. The summed E-state index contributed by atoms with van der Waals surface area (Å²) in [5.74, 6) is -2.38. The van der Waals surface area contributed by atoms with Crippen molar-refractivity contribution in [3.05, 3.63) is 158 Å². The van der Waals surface area contributed by atoms with Crippen LogP contribution in [0.3, 0.4) is 0 Å². The third-order valence-electron chi connectivity index (χ3n) is 16.5. The van der Waals surface area contributed by atoms with Crippen molar-refractivity contribution in [2.75, 3.05) is 39.6 Å². The highest BCUT2D eigenvalue weighted by atomic mass is 31.2. The van der Waals surface area contributed by atoms with E-state index < -0.39 is 97.5 Å².